The number of piperidine rings is 1. The van der Waals surface area contributed by atoms with Gasteiger partial charge in [0.05, 0.1) is 11.6 Å². The monoisotopic (exact) mass is 400 g/mol. The Morgan fingerprint density at radius 3 is 2.79 bits per heavy atom. The summed E-state index contributed by atoms with van der Waals surface area (Å²) in [6.07, 6.45) is 2.63. The number of carbonyl (C=O) groups excluding carboxylic acids is 3. The average molecular weight is 401 g/mol. The van der Waals surface area contributed by atoms with Gasteiger partial charge in [0, 0.05) is 31.3 Å². The van der Waals surface area contributed by atoms with E-state index in [0.29, 0.717) is 43.9 Å². The van der Waals surface area contributed by atoms with Crippen molar-refractivity contribution in [2.75, 3.05) is 18.4 Å². The second kappa shape index (κ2) is 9.98. The summed E-state index contributed by atoms with van der Waals surface area (Å²) in [5, 5.41) is 10.8. The van der Waals surface area contributed by atoms with Gasteiger partial charge in [-0.25, -0.2) is 4.98 Å². The SMILES string of the molecule is O=C(CCc1csc(NC(=O)C2CCC(=O)NC2)n1)NCCc1ccccc1. The Hall–Kier alpha value is -2.74. The fourth-order valence-corrected chi connectivity index (χ4v) is 3.71. The molecule has 1 unspecified atom stereocenters. The van der Waals surface area contributed by atoms with Crippen LogP contribution in [-0.4, -0.2) is 35.8 Å². The van der Waals surface area contributed by atoms with Crippen LogP contribution in [0.25, 0.3) is 0 Å². The van der Waals surface area contributed by atoms with Crippen molar-refractivity contribution in [3.8, 4) is 0 Å². The summed E-state index contributed by atoms with van der Waals surface area (Å²) in [5.74, 6) is -0.366. The molecule has 1 saturated heterocycles. The van der Waals surface area contributed by atoms with Crippen LogP contribution in [0.3, 0.4) is 0 Å². The van der Waals surface area contributed by atoms with Crippen LogP contribution in [0.1, 0.15) is 30.5 Å². The number of anilines is 1. The van der Waals surface area contributed by atoms with Crippen molar-refractivity contribution in [2.45, 2.75) is 32.1 Å². The number of nitrogens with one attached hydrogen (secondary N) is 3. The third-order valence-corrected chi connectivity index (χ3v) is 5.41. The van der Waals surface area contributed by atoms with Gasteiger partial charge in [0.2, 0.25) is 17.7 Å². The molecule has 0 bridgehead atoms. The van der Waals surface area contributed by atoms with Crippen LogP contribution in [0, 0.1) is 5.92 Å². The van der Waals surface area contributed by atoms with E-state index in [-0.39, 0.29) is 23.6 Å². The van der Waals surface area contributed by atoms with E-state index < -0.39 is 0 Å². The van der Waals surface area contributed by atoms with Crippen molar-refractivity contribution >= 4 is 34.2 Å². The van der Waals surface area contributed by atoms with Crippen molar-refractivity contribution in [3.63, 3.8) is 0 Å². The standard InChI is InChI=1S/C20H24N4O3S/c25-17(21-11-10-14-4-2-1-3-5-14)9-7-16-13-28-20(23-16)24-19(27)15-6-8-18(26)22-12-15/h1-5,13,15H,6-12H2,(H,21,25)(H,22,26)(H,23,24,27). The molecule has 7 nitrogen and oxygen atoms in total. The van der Waals surface area contributed by atoms with Crippen molar-refractivity contribution in [2.24, 2.45) is 5.92 Å². The minimum absolute atomic E-state index is 0.00698. The molecule has 0 saturated carbocycles. The summed E-state index contributed by atoms with van der Waals surface area (Å²) in [6.45, 7) is 0.977. The summed E-state index contributed by atoms with van der Waals surface area (Å²) in [6, 6.07) is 10.0. The largest absolute Gasteiger partial charge is 0.356 e. The molecule has 1 atom stereocenters. The van der Waals surface area contributed by atoms with E-state index >= 15 is 0 Å². The second-order valence-corrected chi connectivity index (χ2v) is 7.62. The first kappa shape index (κ1) is 20.0. The highest BCUT2D eigenvalue weighted by Crippen LogP contribution is 2.19. The van der Waals surface area contributed by atoms with Crippen LogP contribution in [0.15, 0.2) is 35.7 Å². The molecule has 0 spiro atoms. The normalized spacial score (nSPS) is 16.3. The maximum Gasteiger partial charge on any atom is 0.231 e. The number of aromatic nitrogens is 1. The maximum absolute atomic E-state index is 12.2. The van der Waals surface area contributed by atoms with E-state index in [0.717, 1.165) is 12.1 Å². The number of hydrogen-bond acceptors (Lipinski definition) is 5. The zero-order valence-electron chi connectivity index (χ0n) is 15.6. The zero-order valence-corrected chi connectivity index (χ0v) is 16.4. The van der Waals surface area contributed by atoms with Gasteiger partial charge < -0.3 is 16.0 Å². The molecule has 1 aromatic heterocycles. The third-order valence-electron chi connectivity index (χ3n) is 4.61. The summed E-state index contributed by atoms with van der Waals surface area (Å²) in [7, 11) is 0. The predicted octanol–water partition coefficient (Wildman–Crippen LogP) is 1.90. The molecule has 3 N–H and O–H groups in total. The molecule has 3 rings (SSSR count). The van der Waals surface area contributed by atoms with Gasteiger partial charge in [-0.3, -0.25) is 14.4 Å². The molecule has 0 radical (unpaired) electrons. The number of carbonyl (C=O) groups is 3. The molecular formula is C20H24N4O3S. The second-order valence-electron chi connectivity index (χ2n) is 6.76. The number of hydrogen-bond donors (Lipinski definition) is 3. The Labute approximate surface area is 167 Å². The molecular weight excluding hydrogens is 376 g/mol. The quantitative estimate of drug-likeness (QED) is 0.630. The van der Waals surface area contributed by atoms with Crippen molar-refractivity contribution in [1.29, 1.82) is 0 Å². The van der Waals surface area contributed by atoms with E-state index in [1.165, 1.54) is 16.9 Å². The Morgan fingerprint density at radius 1 is 1.21 bits per heavy atom. The maximum atomic E-state index is 12.2. The summed E-state index contributed by atoms with van der Waals surface area (Å²) < 4.78 is 0. The van der Waals surface area contributed by atoms with E-state index in [2.05, 4.69) is 20.9 Å². The van der Waals surface area contributed by atoms with Crippen LogP contribution < -0.4 is 16.0 Å². The smallest absolute Gasteiger partial charge is 0.231 e. The van der Waals surface area contributed by atoms with E-state index in [4.69, 9.17) is 0 Å². The minimum atomic E-state index is -0.222. The van der Waals surface area contributed by atoms with Crippen LogP contribution >= 0.6 is 11.3 Å². The Bertz CT molecular complexity index is 812. The number of thiazole rings is 1. The van der Waals surface area contributed by atoms with Crippen LogP contribution in [-0.2, 0) is 27.2 Å². The number of amides is 3. The van der Waals surface area contributed by atoms with Gasteiger partial charge in [0.1, 0.15) is 0 Å². The van der Waals surface area contributed by atoms with Crippen LogP contribution in [0.5, 0.6) is 0 Å². The molecule has 148 valence electrons. The molecule has 8 heteroatoms. The van der Waals surface area contributed by atoms with Gasteiger partial charge in [-0.1, -0.05) is 30.3 Å². The van der Waals surface area contributed by atoms with Gasteiger partial charge >= 0.3 is 0 Å². The number of nitrogens with zero attached hydrogens (tertiary/aromatic N) is 1. The predicted molar refractivity (Wildman–Crippen MR) is 108 cm³/mol. The van der Waals surface area contributed by atoms with Crippen LogP contribution in [0.4, 0.5) is 5.13 Å². The highest BCUT2D eigenvalue weighted by Gasteiger charge is 2.25. The van der Waals surface area contributed by atoms with E-state index in [9.17, 15) is 14.4 Å². The van der Waals surface area contributed by atoms with Gasteiger partial charge in [-0.15, -0.1) is 11.3 Å². The van der Waals surface area contributed by atoms with Crippen molar-refractivity contribution in [3.05, 3.63) is 47.0 Å². The van der Waals surface area contributed by atoms with Gasteiger partial charge in [-0.05, 0) is 24.8 Å². The first-order valence-corrected chi connectivity index (χ1v) is 10.3. The summed E-state index contributed by atoms with van der Waals surface area (Å²) >= 11 is 1.35. The first-order valence-electron chi connectivity index (χ1n) is 9.43. The highest BCUT2D eigenvalue weighted by atomic mass is 32.1. The molecule has 1 aromatic carbocycles. The highest BCUT2D eigenvalue weighted by molar-refractivity contribution is 7.13. The van der Waals surface area contributed by atoms with Gasteiger partial charge in [-0.2, -0.15) is 0 Å². The number of rotatable bonds is 8. The topological polar surface area (TPSA) is 100 Å². The molecule has 1 aliphatic rings. The lowest BCUT2D eigenvalue weighted by atomic mass is 9.98. The lowest BCUT2D eigenvalue weighted by molar-refractivity contribution is -0.126. The van der Waals surface area contributed by atoms with E-state index in [1.54, 1.807) is 0 Å². The lowest BCUT2D eigenvalue weighted by Gasteiger charge is -2.20. The van der Waals surface area contributed by atoms with Crippen molar-refractivity contribution in [1.82, 2.24) is 15.6 Å². The summed E-state index contributed by atoms with van der Waals surface area (Å²) in [4.78, 5) is 39.8. The Balaban J connectivity index is 1.36. The molecule has 1 fully saturated rings. The Kier molecular flexibility index (Phi) is 7.13. The fraction of sp³-hybridized carbons (Fsp3) is 0.400. The zero-order chi connectivity index (χ0) is 19.8. The summed E-state index contributed by atoms with van der Waals surface area (Å²) in [5.41, 5.74) is 1.98. The Morgan fingerprint density at radius 2 is 2.04 bits per heavy atom. The molecule has 2 aromatic rings. The average Bonchev–Trinajstić information content (AvgIpc) is 3.15. The number of benzene rings is 1. The van der Waals surface area contributed by atoms with Gasteiger partial charge in [0.15, 0.2) is 5.13 Å². The number of aryl methyl sites for hydroxylation is 1. The van der Waals surface area contributed by atoms with Gasteiger partial charge in [0.25, 0.3) is 0 Å². The van der Waals surface area contributed by atoms with Crippen molar-refractivity contribution < 1.29 is 14.4 Å². The first-order chi connectivity index (χ1) is 13.6. The third kappa shape index (κ3) is 6.16. The van der Waals surface area contributed by atoms with Crippen LogP contribution in [0.2, 0.25) is 0 Å². The minimum Gasteiger partial charge on any atom is -0.356 e. The fourth-order valence-electron chi connectivity index (χ4n) is 2.96. The molecule has 0 aliphatic carbocycles. The molecule has 2 heterocycles. The molecule has 28 heavy (non-hydrogen) atoms. The molecule has 1 aliphatic heterocycles. The lowest BCUT2D eigenvalue weighted by Crippen LogP contribution is -2.40. The molecule has 3 amide bonds. The van der Waals surface area contributed by atoms with E-state index in [1.807, 2.05) is 35.7 Å².